The van der Waals surface area contributed by atoms with Crippen LogP contribution in [0, 0.1) is 11.8 Å². The summed E-state index contributed by atoms with van der Waals surface area (Å²) in [7, 11) is 3.37. The monoisotopic (exact) mass is 347 g/mol. The van der Waals surface area contributed by atoms with E-state index in [0.29, 0.717) is 11.8 Å². The maximum absolute atomic E-state index is 11.4. The van der Waals surface area contributed by atoms with E-state index in [0.717, 1.165) is 50.3 Å². The van der Waals surface area contributed by atoms with Crippen LogP contribution in [0.1, 0.15) is 57.2 Å². The van der Waals surface area contributed by atoms with Gasteiger partial charge in [0.1, 0.15) is 0 Å². The standard InChI is InChI=1S/C21H33NO3/c1-6-21(23)12-18-17-11-20(25-5)19(24-4)10-15(17)7-8-22(18)13-16(21)9-14(2)3/h10-11,14,16,18,23H,6-9,12-13H2,1-5H3/t16-,18-,21-/m0/s1. The van der Waals surface area contributed by atoms with Gasteiger partial charge in [0.2, 0.25) is 0 Å². The highest BCUT2D eigenvalue weighted by atomic mass is 16.5. The number of rotatable bonds is 5. The molecule has 0 saturated carbocycles. The predicted octanol–water partition coefficient (Wildman–Crippen LogP) is 3.81. The maximum Gasteiger partial charge on any atom is 0.161 e. The second kappa shape index (κ2) is 7.16. The van der Waals surface area contributed by atoms with Crippen molar-refractivity contribution >= 4 is 0 Å². The Balaban J connectivity index is 1.95. The lowest BCUT2D eigenvalue weighted by molar-refractivity contribution is -0.105. The largest absolute Gasteiger partial charge is 0.493 e. The van der Waals surface area contributed by atoms with Crippen molar-refractivity contribution in [3.63, 3.8) is 0 Å². The molecule has 140 valence electrons. The highest BCUT2D eigenvalue weighted by Crippen LogP contribution is 2.47. The normalized spacial score (nSPS) is 29.2. The van der Waals surface area contributed by atoms with E-state index in [1.807, 2.05) is 0 Å². The van der Waals surface area contributed by atoms with Crippen molar-refractivity contribution < 1.29 is 14.6 Å². The molecule has 1 N–H and O–H groups in total. The van der Waals surface area contributed by atoms with Gasteiger partial charge in [0.15, 0.2) is 11.5 Å². The van der Waals surface area contributed by atoms with Crippen LogP contribution in [-0.2, 0) is 6.42 Å². The summed E-state index contributed by atoms with van der Waals surface area (Å²) in [6.45, 7) is 8.68. The number of nitrogens with zero attached hydrogens (tertiary/aromatic N) is 1. The Hall–Kier alpha value is -1.26. The summed E-state index contributed by atoms with van der Waals surface area (Å²) < 4.78 is 11.0. The van der Waals surface area contributed by atoms with Crippen LogP contribution in [-0.4, -0.2) is 42.9 Å². The molecule has 0 aliphatic carbocycles. The van der Waals surface area contributed by atoms with E-state index < -0.39 is 5.60 Å². The average molecular weight is 347 g/mol. The summed E-state index contributed by atoms with van der Waals surface area (Å²) in [6.07, 6.45) is 3.75. The molecule has 1 aromatic rings. The number of benzene rings is 1. The van der Waals surface area contributed by atoms with Crippen molar-refractivity contribution in [1.82, 2.24) is 4.90 Å². The van der Waals surface area contributed by atoms with Crippen molar-refractivity contribution in [1.29, 1.82) is 0 Å². The summed E-state index contributed by atoms with van der Waals surface area (Å²) in [5.41, 5.74) is 2.06. The van der Waals surface area contributed by atoms with Crippen LogP contribution >= 0.6 is 0 Å². The van der Waals surface area contributed by atoms with Gasteiger partial charge in [-0.05, 0) is 54.9 Å². The van der Waals surface area contributed by atoms with E-state index in [9.17, 15) is 5.11 Å². The SMILES string of the molecule is CC[C@]1(O)C[C@H]2c3cc(OC)c(OC)cc3CCN2C[C@@H]1CC(C)C. The maximum atomic E-state index is 11.4. The molecule has 0 aromatic heterocycles. The Morgan fingerprint density at radius 2 is 1.92 bits per heavy atom. The minimum atomic E-state index is -0.576. The van der Waals surface area contributed by atoms with Gasteiger partial charge < -0.3 is 14.6 Å². The Labute approximate surface area is 152 Å². The second-order valence-electron chi connectivity index (χ2n) is 8.15. The van der Waals surface area contributed by atoms with E-state index in [-0.39, 0.29) is 6.04 Å². The molecular formula is C21H33NO3. The van der Waals surface area contributed by atoms with Crippen LogP contribution in [0.5, 0.6) is 11.5 Å². The molecule has 0 bridgehead atoms. The molecule has 2 aliphatic heterocycles. The fourth-order valence-corrected chi connectivity index (χ4v) is 4.79. The number of ether oxygens (including phenoxy) is 2. The Morgan fingerprint density at radius 3 is 2.52 bits per heavy atom. The van der Waals surface area contributed by atoms with Crippen molar-refractivity contribution in [2.45, 2.75) is 58.1 Å². The number of hydrogen-bond donors (Lipinski definition) is 1. The van der Waals surface area contributed by atoms with Crippen LogP contribution in [0.4, 0.5) is 0 Å². The summed E-state index contributed by atoms with van der Waals surface area (Å²) in [5.74, 6) is 2.55. The molecule has 4 nitrogen and oxygen atoms in total. The third-order valence-electron chi connectivity index (χ3n) is 6.24. The minimum absolute atomic E-state index is 0.275. The summed E-state index contributed by atoms with van der Waals surface area (Å²) in [6, 6.07) is 4.53. The molecule has 1 aromatic carbocycles. The fraction of sp³-hybridized carbons (Fsp3) is 0.714. The highest BCUT2D eigenvalue weighted by molar-refractivity contribution is 5.49. The molecule has 0 unspecified atom stereocenters. The van der Waals surface area contributed by atoms with Gasteiger partial charge in [-0.2, -0.15) is 0 Å². The van der Waals surface area contributed by atoms with Crippen LogP contribution in [0.25, 0.3) is 0 Å². The molecule has 2 aliphatic rings. The lowest BCUT2D eigenvalue weighted by atomic mass is 9.70. The molecule has 3 atom stereocenters. The third-order valence-corrected chi connectivity index (χ3v) is 6.24. The predicted molar refractivity (Wildman–Crippen MR) is 100 cm³/mol. The van der Waals surface area contributed by atoms with Gasteiger partial charge in [-0.15, -0.1) is 0 Å². The van der Waals surface area contributed by atoms with E-state index in [1.165, 1.54) is 11.1 Å². The van der Waals surface area contributed by atoms with Crippen LogP contribution in [0.15, 0.2) is 12.1 Å². The molecule has 0 spiro atoms. The zero-order valence-electron chi connectivity index (χ0n) is 16.3. The lowest BCUT2D eigenvalue weighted by Gasteiger charge is -2.51. The molecule has 1 fully saturated rings. The van der Waals surface area contributed by atoms with Crippen LogP contribution in [0.3, 0.4) is 0 Å². The van der Waals surface area contributed by atoms with Crippen LogP contribution < -0.4 is 9.47 Å². The molecular weight excluding hydrogens is 314 g/mol. The number of methoxy groups -OCH3 is 2. The zero-order chi connectivity index (χ0) is 18.2. The summed E-state index contributed by atoms with van der Waals surface area (Å²) >= 11 is 0. The molecule has 4 heteroatoms. The fourth-order valence-electron chi connectivity index (χ4n) is 4.79. The quantitative estimate of drug-likeness (QED) is 0.879. The Bertz CT molecular complexity index is 615. The number of hydrogen-bond acceptors (Lipinski definition) is 4. The van der Waals surface area contributed by atoms with E-state index >= 15 is 0 Å². The van der Waals surface area contributed by atoms with Gasteiger partial charge in [-0.25, -0.2) is 0 Å². The van der Waals surface area contributed by atoms with Crippen molar-refractivity contribution in [3.8, 4) is 11.5 Å². The number of aliphatic hydroxyl groups is 1. The minimum Gasteiger partial charge on any atom is -0.493 e. The van der Waals surface area contributed by atoms with Crippen molar-refractivity contribution in [2.75, 3.05) is 27.3 Å². The zero-order valence-corrected chi connectivity index (χ0v) is 16.3. The molecule has 2 heterocycles. The number of fused-ring (bicyclic) bond motifs is 3. The molecule has 0 radical (unpaired) electrons. The first kappa shape index (κ1) is 18.5. The van der Waals surface area contributed by atoms with Gasteiger partial charge in [0.25, 0.3) is 0 Å². The van der Waals surface area contributed by atoms with E-state index in [2.05, 4.69) is 37.8 Å². The second-order valence-corrected chi connectivity index (χ2v) is 8.15. The average Bonchev–Trinajstić information content (AvgIpc) is 2.60. The van der Waals surface area contributed by atoms with Gasteiger partial charge >= 0.3 is 0 Å². The third kappa shape index (κ3) is 3.39. The van der Waals surface area contributed by atoms with Gasteiger partial charge in [-0.3, -0.25) is 4.90 Å². The molecule has 0 amide bonds. The molecule has 3 rings (SSSR count). The lowest BCUT2D eigenvalue weighted by Crippen LogP contribution is -2.54. The highest BCUT2D eigenvalue weighted by Gasteiger charge is 2.46. The van der Waals surface area contributed by atoms with Gasteiger partial charge in [0.05, 0.1) is 19.8 Å². The molecule has 25 heavy (non-hydrogen) atoms. The summed E-state index contributed by atoms with van der Waals surface area (Å²) in [5, 5.41) is 11.4. The van der Waals surface area contributed by atoms with E-state index in [4.69, 9.17) is 9.47 Å². The molecule has 1 saturated heterocycles. The summed E-state index contributed by atoms with van der Waals surface area (Å²) in [4.78, 5) is 2.57. The van der Waals surface area contributed by atoms with Gasteiger partial charge in [0, 0.05) is 25.0 Å². The first-order chi connectivity index (χ1) is 11.9. The van der Waals surface area contributed by atoms with E-state index in [1.54, 1.807) is 14.2 Å². The van der Waals surface area contributed by atoms with Crippen molar-refractivity contribution in [3.05, 3.63) is 23.3 Å². The Morgan fingerprint density at radius 1 is 1.24 bits per heavy atom. The van der Waals surface area contributed by atoms with Crippen LogP contribution in [0.2, 0.25) is 0 Å². The van der Waals surface area contributed by atoms with Gasteiger partial charge in [-0.1, -0.05) is 20.8 Å². The first-order valence-corrected chi connectivity index (χ1v) is 9.63. The number of piperidine rings is 1. The smallest absolute Gasteiger partial charge is 0.161 e. The first-order valence-electron chi connectivity index (χ1n) is 9.63. The van der Waals surface area contributed by atoms with Crippen molar-refractivity contribution in [2.24, 2.45) is 11.8 Å². The topological polar surface area (TPSA) is 41.9 Å². The Kier molecular flexibility index (Phi) is 5.31.